The molecule has 0 amide bonds. The van der Waals surface area contributed by atoms with E-state index in [1.54, 1.807) is 24.3 Å². The highest BCUT2D eigenvalue weighted by Gasteiger charge is 2.36. The summed E-state index contributed by atoms with van der Waals surface area (Å²) in [4.78, 5) is 2.80. The van der Waals surface area contributed by atoms with Gasteiger partial charge in [0.1, 0.15) is 0 Å². The first-order valence-electron chi connectivity index (χ1n) is 7.28. The highest BCUT2D eigenvalue weighted by atomic mass is 32.2. The molecule has 0 radical (unpaired) electrons. The van der Waals surface area contributed by atoms with Gasteiger partial charge in [0.2, 0.25) is 0 Å². The quantitative estimate of drug-likeness (QED) is 0.852. The van der Waals surface area contributed by atoms with Gasteiger partial charge in [0.25, 0.3) is 0 Å². The Kier molecular flexibility index (Phi) is 4.10. The van der Waals surface area contributed by atoms with E-state index in [0.29, 0.717) is 17.5 Å². The molecule has 2 heterocycles. The maximum absolute atomic E-state index is 12.6. The van der Waals surface area contributed by atoms with Crippen LogP contribution in [-0.4, -0.2) is 50.9 Å². The van der Waals surface area contributed by atoms with Gasteiger partial charge in [-0.15, -0.1) is 0 Å². The first-order valence-corrected chi connectivity index (χ1v) is 8.83. The predicted molar refractivity (Wildman–Crippen MR) is 77.4 cm³/mol. The van der Waals surface area contributed by atoms with E-state index in [-0.39, 0.29) is 5.25 Å². The first kappa shape index (κ1) is 14.0. The molecule has 0 unspecified atom stereocenters. The van der Waals surface area contributed by atoms with Crippen molar-refractivity contribution in [3.8, 4) is 0 Å². The van der Waals surface area contributed by atoms with Crippen molar-refractivity contribution >= 4 is 9.84 Å². The van der Waals surface area contributed by atoms with Crippen LogP contribution in [0.3, 0.4) is 0 Å². The molecule has 0 spiro atoms. The lowest BCUT2D eigenvalue weighted by atomic mass is 10.1. The molecule has 0 aromatic heterocycles. The zero-order chi connectivity index (χ0) is 14.0. The lowest BCUT2D eigenvalue weighted by Crippen LogP contribution is -2.39. The summed E-state index contributed by atoms with van der Waals surface area (Å²) >= 11 is 0. The molecule has 1 aromatic rings. The minimum atomic E-state index is -3.18. The third-order valence-electron chi connectivity index (χ3n) is 4.39. The van der Waals surface area contributed by atoms with Gasteiger partial charge in [-0.2, -0.15) is 0 Å². The molecule has 4 nitrogen and oxygen atoms in total. The summed E-state index contributed by atoms with van der Waals surface area (Å²) in [6.07, 6.45) is 2.80. The first-order chi connectivity index (χ1) is 9.68. The molecule has 2 fully saturated rings. The Morgan fingerprint density at radius 2 is 1.75 bits per heavy atom. The van der Waals surface area contributed by atoms with Gasteiger partial charge in [-0.25, -0.2) is 8.42 Å². The number of likely N-dealkylation sites (tertiary alicyclic amines) is 1. The number of sulfone groups is 1. The van der Waals surface area contributed by atoms with Crippen molar-refractivity contribution < 1.29 is 13.2 Å². The maximum atomic E-state index is 12.6. The Morgan fingerprint density at radius 1 is 1.05 bits per heavy atom. The summed E-state index contributed by atoms with van der Waals surface area (Å²) in [6, 6.07) is 9.33. The fourth-order valence-electron chi connectivity index (χ4n) is 3.19. The molecule has 0 bridgehead atoms. The van der Waals surface area contributed by atoms with Crippen LogP contribution in [0.1, 0.15) is 19.3 Å². The van der Waals surface area contributed by atoms with Crippen LogP contribution in [0.25, 0.3) is 0 Å². The zero-order valence-corrected chi connectivity index (χ0v) is 12.4. The van der Waals surface area contributed by atoms with Gasteiger partial charge < -0.3 is 4.74 Å². The summed E-state index contributed by atoms with van der Waals surface area (Å²) < 4.78 is 30.6. The van der Waals surface area contributed by atoms with Crippen LogP contribution >= 0.6 is 0 Å². The van der Waals surface area contributed by atoms with Gasteiger partial charge in [0.15, 0.2) is 9.84 Å². The summed E-state index contributed by atoms with van der Waals surface area (Å²) in [5.74, 6) is 0. The van der Waals surface area contributed by atoms with Gasteiger partial charge in [-0.05, 0) is 37.9 Å². The standard InChI is InChI=1S/C15H21NO3S/c17-20(18,14-4-2-1-3-5-14)15-6-9-16(12-15)13-7-10-19-11-8-13/h1-5,13,15H,6-12H2/t15-/m1/s1. The minimum Gasteiger partial charge on any atom is -0.381 e. The fraction of sp³-hybridized carbons (Fsp3) is 0.600. The second-order valence-corrected chi connectivity index (χ2v) is 7.84. The van der Waals surface area contributed by atoms with Crippen molar-refractivity contribution in [3.63, 3.8) is 0 Å². The molecule has 2 aliphatic heterocycles. The van der Waals surface area contributed by atoms with E-state index < -0.39 is 9.84 Å². The minimum absolute atomic E-state index is 0.257. The molecule has 0 saturated carbocycles. The lowest BCUT2D eigenvalue weighted by molar-refractivity contribution is 0.0425. The molecule has 0 N–H and O–H groups in total. The highest BCUT2D eigenvalue weighted by molar-refractivity contribution is 7.92. The SMILES string of the molecule is O=S(=O)(c1ccccc1)[C@@H]1CCN(C2CCOCC2)C1. The van der Waals surface area contributed by atoms with E-state index >= 15 is 0 Å². The van der Waals surface area contributed by atoms with Crippen molar-refractivity contribution in [2.75, 3.05) is 26.3 Å². The van der Waals surface area contributed by atoms with Crippen molar-refractivity contribution in [2.24, 2.45) is 0 Å². The molecule has 110 valence electrons. The Morgan fingerprint density at radius 3 is 2.45 bits per heavy atom. The molecule has 20 heavy (non-hydrogen) atoms. The topological polar surface area (TPSA) is 46.6 Å². The van der Waals surface area contributed by atoms with E-state index in [9.17, 15) is 8.42 Å². The average molecular weight is 295 g/mol. The van der Waals surface area contributed by atoms with E-state index in [1.165, 1.54) is 0 Å². The molecule has 1 aromatic carbocycles. The number of hydrogen-bond acceptors (Lipinski definition) is 4. The van der Waals surface area contributed by atoms with Gasteiger partial charge in [0.05, 0.1) is 10.1 Å². The third kappa shape index (κ3) is 2.75. The zero-order valence-electron chi connectivity index (χ0n) is 11.6. The van der Waals surface area contributed by atoms with Crippen LogP contribution in [-0.2, 0) is 14.6 Å². The largest absolute Gasteiger partial charge is 0.381 e. The van der Waals surface area contributed by atoms with Gasteiger partial charge in [0, 0.05) is 25.8 Å². The fourth-order valence-corrected chi connectivity index (χ4v) is 4.92. The third-order valence-corrected chi connectivity index (χ3v) is 6.59. The van der Waals surface area contributed by atoms with Crippen molar-refractivity contribution in [3.05, 3.63) is 30.3 Å². The summed E-state index contributed by atoms with van der Waals surface area (Å²) in [7, 11) is -3.18. The van der Waals surface area contributed by atoms with Crippen molar-refractivity contribution in [1.82, 2.24) is 4.90 Å². The monoisotopic (exact) mass is 295 g/mol. The van der Waals surface area contributed by atoms with Crippen LogP contribution in [0.2, 0.25) is 0 Å². The average Bonchev–Trinajstić information content (AvgIpc) is 3.00. The molecular formula is C15H21NO3S. The summed E-state index contributed by atoms with van der Waals surface area (Å²) in [5.41, 5.74) is 0. The second kappa shape index (κ2) is 5.84. The number of ether oxygens (including phenoxy) is 1. The van der Waals surface area contributed by atoms with Crippen LogP contribution in [0.4, 0.5) is 0 Å². The summed E-state index contributed by atoms with van der Waals surface area (Å²) in [5, 5.41) is -0.257. The van der Waals surface area contributed by atoms with Crippen molar-refractivity contribution in [2.45, 2.75) is 35.4 Å². The van der Waals surface area contributed by atoms with E-state index in [2.05, 4.69) is 4.90 Å². The van der Waals surface area contributed by atoms with Gasteiger partial charge in [-0.3, -0.25) is 4.90 Å². The molecule has 5 heteroatoms. The molecule has 1 atom stereocenters. The Balaban J connectivity index is 1.70. The van der Waals surface area contributed by atoms with E-state index in [4.69, 9.17) is 4.74 Å². The number of rotatable bonds is 3. The van der Waals surface area contributed by atoms with Gasteiger partial charge in [-0.1, -0.05) is 18.2 Å². The smallest absolute Gasteiger partial charge is 0.182 e. The second-order valence-electron chi connectivity index (χ2n) is 5.61. The molecule has 2 aliphatic rings. The predicted octanol–water partition coefficient (Wildman–Crippen LogP) is 1.71. The van der Waals surface area contributed by atoms with Gasteiger partial charge >= 0.3 is 0 Å². The molecule has 3 rings (SSSR count). The summed E-state index contributed by atoms with van der Waals surface area (Å²) in [6.45, 7) is 3.16. The highest BCUT2D eigenvalue weighted by Crippen LogP contribution is 2.27. The van der Waals surface area contributed by atoms with Crippen LogP contribution in [0, 0.1) is 0 Å². The Hall–Kier alpha value is -0.910. The van der Waals surface area contributed by atoms with Crippen LogP contribution < -0.4 is 0 Å². The molecular weight excluding hydrogens is 274 g/mol. The number of benzene rings is 1. The Labute approximate surface area is 120 Å². The number of hydrogen-bond donors (Lipinski definition) is 0. The Bertz CT molecular complexity index is 537. The molecule has 2 saturated heterocycles. The van der Waals surface area contributed by atoms with Crippen LogP contribution in [0.5, 0.6) is 0 Å². The maximum Gasteiger partial charge on any atom is 0.182 e. The van der Waals surface area contributed by atoms with E-state index in [0.717, 1.165) is 39.0 Å². The normalized spacial score (nSPS) is 25.9. The number of nitrogens with zero attached hydrogens (tertiary/aromatic N) is 1. The lowest BCUT2D eigenvalue weighted by Gasteiger charge is -2.30. The van der Waals surface area contributed by atoms with Crippen LogP contribution in [0.15, 0.2) is 35.2 Å². The van der Waals surface area contributed by atoms with Crippen molar-refractivity contribution in [1.29, 1.82) is 0 Å². The van der Waals surface area contributed by atoms with E-state index in [1.807, 2.05) is 6.07 Å². The molecule has 0 aliphatic carbocycles.